The number of thioether (sulfide) groups is 1. The number of thiazole rings is 1. The molecule has 3 N–H and O–H groups in total. The molecule has 5 rings (SSSR count). The van der Waals surface area contributed by atoms with Crippen molar-refractivity contribution < 1.29 is 19.1 Å². The third kappa shape index (κ3) is 10.5. The maximum atomic E-state index is 12.2. The van der Waals surface area contributed by atoms with Crippen molar-refractivity contribution in [3.63, 3.8) is 0 Å². The Morgan fingerprint density at radius 3 is 2.27 bits per heavy atom. The zero-order valence-corrected chi connectivity index (χ0v) is 31.8. The fourth-order valence-corrected chi connectivity index (χ4v) is 7.03. The first-order valence-corrected chi connectivity index (χ1v) is 17.8. The van der Waals surface area contributed by atoms with Gasteiger partial charge in [0.25, 0.3) is 0 Å². The molecule has 2 unspecified atom stereocenters. The quantitative estimate of drug-likeness (QED) is 0.0833. The number of carbonyl (C=O) groups excluding carboxylic acids is 2. The van der Waals surface area contributed by atoms with E-state index < -0.39 is 24.0 Å². The lowest BCUT2D eigenvalue weighted by Gasteiger charge is -2.22. The molecule has 1 aliphatic heterocycles. The molecule has 4 aromatic rings. The summed E-state index contributed by atoms with van der Waals surface area (Å²) >= 11 is 9.00. The summed E-state index contributed by atoms with van der Waals surface area (Å²) in [5, 5.41) is 27.4. The van der Waals surface area contributed by atoms with Crippen LogP contribution in [0.15, 0.2) is 58.9 Å². The Kier molecular flexibility index (Phi) is 15.8. The number of carbonyl (C=O) groups is 2. The number of nitrogens with one attached hydrogen (secondary N) is 1. The van der Waals surface area contributed by atoms with Gasteiger partial charge in [0.05, 0.1) is 17.3 Å². The minimum atomic E-state index is -0.844. The van der Waals surface area contributed by atoms with Gasteiger partial charge in [0.15, 0.2) is 0 Å². The van der Waals surface area contributed by atoms with Crippen LogP contribution in [0.3, 0.4) is 0 Å². The van der Waals surface area contributed by atoms with Gasteiger partial charge in [-0.25, -0.2) is 14.8 Å². The number of halogens is 3. The zero-order chi connectivity index (χ0) is 34.9. The molecule has 11 nitrogen and oxygen atoms in total. The molecule has 0 aliphatic carbocycles. The number of anilines is 1. The number of nitriles is 2. The van der Waals surface area contributed by atoms with Crippen LogP contribution in [0.4, 0.5) is 5.82 Å². The van der Waals surface area contributed by atoms with E-state index in [4.69, 9.17) is 36.8 Å². The Bertz CT molecular complexity index is 1890. The topological polar surface area (TPSA) is 167 Å². The van der Waals surface area contributed by atoms with E-state index in [0.717, 1.165) is 42.2 Å². The first-order chi connectivity index (χ1) is 23.7. The van der Waals surface area contributed by atoms with E-state index in [1.54, 1.807) is 24.3 Å². The van der Waals surface area contributed by atoms with Crippen LogP contribution in [0.2, 0.25) is 5.02 Å². The summed E-state index contributed by atoms with van der Waals surface area (Å²) in [6, 6.07) is 17.7. The highest BCUT2D eigenvalue weighted by Gasteiger charge is 2.26. The second kappa shape index (κ2) is 19.5. The number of nitrogens with two attached hydrogens (primary N) is 1. The maximum Gasteiger partial charge on any atom is 0.328 e. The van der Waals surface area contributed by atoms with Gasteiger partial charge in [0.1, 0.15) is 58.6 Å². The predicted molar refractivity (Wildman–Crippen MR) is 205 cm³/mol. The highest BCUT2D eigenvalue weighted by Crippen LogP contribution is 2.40. The van der Waals surface area contributed by atoms with E-state index in [1.807, 2.05) is 29.6 Å². The van der Waals surface area contributed by atoms with Crippen molar-refractivity contribution in [2.45, 2.75) is 49.6 Å². The van der Waals surface area contributed by atoms with Crippen LogP contribution in [0, 0.1) is 22.7 Å². The Hall–Kier alpha value is -4.08. The van der Waals surface area contributed by atoms with Gasteiger partial charge >= 0.3 is 5.97 Å². The number of benzene rings is 2. The number of amides is 1. The standard InChI is InChI=1S/C35H34ClN7O4S2.2ClH/c1-21(39)32(44)40-22(2)35(45)47-16-15-46-27-11-7-23(8-12-27)30-28(17-37)31(43-13-3-4-14-43)42-34(29(30)18-38)49-20-26-19-48-33(41-26)24-5-9-25(36)10-6-24;;/h5-12,19,21-22H,3-4,13-16,20,39H2,1-2H3,(H,40,44);2*1H. The molecule has 2 aromatic carbocycles. The highest BCUT2D eigenvalue weighted by molar-refractivity contribution is 7.98. The average molecular weight is 789 g/mol. The van der Waals surface area contributed by atoms with Crippen molar-refractivity contribution in [3.8, 4) is 39.6 Å². The Labute approximate surface area is 322 Å². The molecule has 2 aromatic heterocycles. The molecule has 1 amide bonds. The lowest BCUT2D eigenvalue weighted by Crippen LogP contribution is -2.46. The summed E-state index contributed by atoms with van der Waals surface area (Å²) in [7, 11) is 0. The predicted octanol–water partition coefficient (Wildman–Crippen LogP) is 6.78. The summed E-state index contributed by atoms with van der Waals surface area (Å²) in [6.45, 7) is 4.66. The van der Waals surface area contributed by atoms with Crippen molar-refractivity contribution >= 4 is 77.2 Å². The minimum absolute atomic E-state index is 0. The highest BCUT2D eigenvalue weighted by atomic mass is 35.5. The van der Waals surface area contributed by atoms with Crippen LogP contribution >= 0.6 is 59.5 Å². The van der Waals surface area contributed by atoms with Crippen LogP contribution in [0.5, 0.6) is 5.75 Å². The van der Waals surface area contributed by atoms with Gasteiger partial charge in [-0.2, -0.15) is 10.5 Å². The normalized spacial score (nSPS) is 13.1. The minimum Gasteiger partial charge on any atom is -0.490 e. The van der Waals surface area contributed by atoms with Crippen molar-refractivity contribution in [3.05, 3.63) is 75.8 Å². The van der Waals surface area contributed by atoms with Crippen LogP contribution in [-0.2, 0) is 20.1 Å². The van der Waals surface area contributed by atoms with E-state index in [0.29, 0.717) is 49.6 Å². The maximum absolute atomic E-state index is 12.2. The van der Waals surface area contributed by atoms with Crippen molar-refractivity contribution in [2.24, 2.45) is 5.73 Å². The Morgan fingerprint density at radius 2 is 1.65 bits per heavy atom. The largest absolute Gasteiger partial charge is 0.490 e. The molecule has 268 valence electrons. The molecule has 1 fully saturated rings. The van der Waals surface area contributed by atoms with E-state index in [2.05, 4.69) is 22.4 Å². The first-order valence-electron chi connectivity index (χ1n) is 15.6. The molecule has 0 saturated carbocycles. The molecule has 2 atom stereocenters. The summed E-state index contributed by atoms with van der Waals surface area (Å²) in [5.41, 5.74) is 9.23. The molecular formula is C35H36Cl3N7O4S2. The Morgan fingerprint density at radius 1 is 1.00 bits per heavy atom. The monoisotopic (exact) mass is 787 g/mol. The van der Waals surface area contributed by atoms with Gasteiger partial charge in [-0.1, -0.05) is 47.6 Å². The van der Waals surface area contributed by atoms with Gasteiger partial charge in [-0.3, -0.25) is 4.79 Å². The molecule has 0 radical (unpaired) electrons. The van der Waals surface area contributed by atoms with E-state index in [1.165, 1.54) is 36.9 Å². The zero-order valence-electron chi connectivity index (χ0n) is 27.8. The number of hydrogen-bond donors (Lipinski definition) is 2. The van der Waals surface area contributed by atoms with Crippen LogP contribution < -0.4 is 20.7 Å². The molecule has 16 heteroatoms. The third-order valence-electron chi connectivity index (χ3n) is 7.64. The van der Waals surface area contributed by atoms with Gasteiger partial charge in [-0.05, 0) is 56.5 Å². The lowest BCUT2D eigenvalue weighted by molar-refractivity contribution is -0.148. The fraction of sp³-hybridized carbons (Fsp3) is 0.314. The number of esters is 1. The number of aromatic nitrogens is 2. The van der Waals surface area contributed by atoms with E-state index in [9.17, 15) is 20.1 Å². The molecular weight excluding hydrogens is 753 g/mol. The molecule has 3 heterocycles. The number of nitrogens with zero attached hydrogens (tertiary/aromatic N) is 5. The molecule has 1 saturated heterocycles. The summed E-state index contributed by atoms with van der Waals surface area (Å²) < 4.78 is 11.0. The molecule has 0 bridgehead atoms. The lowest BCUT2D eigenvalue weighted by atomic mass is 9.96. The van der Waals surface area contributed by atoms with Crippen LogP contribution in [0.25, 0.3) is 21.7 Å². The summed E-state index contributed by atoms with van der Waals surface area (Å²) in [4.78, 5) is 35.7. The van der Waals surface area contributed by atoms with Gasteiger partial charge in [0, 0.05) is 40.4 Å². The molecule has 51 heavy (non-hydrogen) atoms. The molecule has 1 aliphatic rings. The number of pyridine rings is 1. The summed E-state index contributed by atoms with van der Waals surface area (Å²) in [6.07, 6.45) is 2.00. The van der Waals surface area contributed by atoms with E-state index in [-0.39, 0.29) is 38.0 Å². The second-order valence-electron chi connectivity index (χ2n) is 11.3. The van der Waals surface area contributed by atoms with Crippen LogP contribution in [0.1, 0.15) is 43.5 Å². The number of rotatable bonds is 13. The second-order valence-corrected chi connectivity index (χ2v) is 13.5. The van der Waals surface area contributed by atoms with Crippen molar-refractivity contribution in [1.82, 2.24) is 15.3 Å². The number of ether oxygens (including phenoxy) is 2. The Balaban J connectivity index is 0.00000351. The summed E-state index contributed by atoms with van der Waals surface area (Å²) in [5.74, 6) is 0.530. The average Bonchev–Trinajstić information content (AvgIpc) is 3.82. The van der Waals surface area contributed by atoms with Gasteiger partial charge < -0.3 is 25.4 Å². The van der Waals surface area contributed by atoms with Crippen LogP contribution in [-0.4, -0.2) is 60.2 Å². The number of hydrogen-bond acceptors (Lipinski definition) is 12. The van der Waals surface area contributed by atoms with E-state index >= 15 is 0 Å². The fourth-order valence-electron chi connectivity index (χ4n) is 5.10. The smallest absolute Gasteiger partial charge is 0.328 e. The SMILES string of the molecule is CC(N)C(=O)NC(C)C(=O)OCCOc1ccc(-c2c(C#N)c(SCc3csc(-c4ccc(Cl)cc4)n3)nc(N3CCCC3)c2C#N)cc1.Cl.Cl. The van der Waals surface area contributed by atoms with Crippen molar-refractivity contribution in [2.75, 3.05) is 31.2 Å². The van der Waals surface area contributed by atoms with Crippen molar-refractivity contribution in [1.29, 1.82) is 10.5 Å². The first kappa shape index (κ1) is 41.3. The van der Waals surface area contributed by atoms with Gasteiger partial charge in [0.2, 0.25) is 5.91 Å². The third-order valence-corrected chi connectivity index (χ3v) is 9.84. The molecule has 0 spiro atoms. The van der Waals surface area contributed by atoms with Gasteiger partial charge in [-0.15, -0.1) is 36.2 Å².